The van der Waals surface area contributed by atoms with Crippen LogP contribution in [0.2, 0.25) is 0 Å². The van der Waals surface area contributed by atoms with E-state index in [9.17, 15) is 28.8 Å². The van der Waals surface area contributed by atoms with Gasteiger partial charge in [-0.05, 0) is 32.9 Å². The predicted octanol–water partition coefficient (Wildman–Crippen LogP) is 2.24. The lowest BCUT2D eigenvalue weighted by molar-refractivity contribution is -0.181. The summed E-state index contributed by atoms with van der Waals surface area (Å²) in [6.07, 6.45) is -4.02. The second kappa shape index (κ2) is 15.2. The Kier molecular flexibility index (Phi) is 12.0. The standard InChI is InChI=1S/C26H34N4O11/c1-7-37-25(35)28-21(14-27-29(20-12-10-9-11-13-20)30(28)26(36)38-8-2)23(16(3)31)24(41-19(6)34)22(40-18(5)33)15-39-17(4)32/h9-14,21-24H,7-8,15H2,1-6H3/t21-,22-,23-,24+/m1/s1. The molecule has 1 aliphatic rings. The van der Waals surface area contributed by atoms with Gasteiger partial charge in [0.1, 0.15) is 18.4 Å². The van der Waals surface area contributed by atoms with Gasteiger partial charge >= 0.3 is 30.1 Å². The fourth-order valence-corrected chi connectivity index (χ4v) is 4.03. The van der Waals surface area contributed by atoms with Crippen LogP contribution in [0.4, 0.5) is 15.3 Å². The van der Waals surface area contributed by atoms with Gasteiger partial charge in [-0.15, -0.1) is 5.12 Å². The Morgan fingerprint density at radius 3 is 1.90 bits per heavy atom. The van der Waals surface area contributed by atoms with Gasteiger partial charge in [-0.2, -0.15) is 10.1 Å². The van der Waals surface area contributed by atoms with E-state index < -0.39 is 66.7 Å². The van der Waals surface area contributed by atoms with Crippen LogP contribution in [-0.2, 0) is 42.9 Å². The largest absolute Gasteiger partial charge is 0.462 e. The number of anilines is 1. The van der Waals surface area contributed by atoms with Gasteiger partial charge in [0.25, 0.3) is 0 Å². The molecule has 0 aromatic heterocycles. The van der Waals surface area contributed by atoms with E-state index in [0.717, 1.165) is 42.9 Å². The number of esters is 3. The molecule has 224 valence electrons. The molecule has 0 saturated carbocycles. The lowest BCUT2D eigenvalue weighted by Gasteiger charge is -2.46. The Hall–Kier alpha value is -4.69. The van der Waals surface area contributed by atoms with E-state index in [0.29, 0.717) is 5.69 Å². The number of hydrazone groups is 1. The maximum Gasteiger partial charge on any atom is 0.450 e. The summed E-state index contributed by atoms with van der Waals surface area (Å²) in [6, 6.07) is 6.83. The van der Waals surface area contributed by atoms with Crippen molar-refractivity contribution in [3.05, 3.63) is 30.3 Å². The SMILES string of the molecule is CCOC(=O)N1[C@@H]([C@@H](C(C)=O)[C@@H](OC(C)=O)[C@@H](COC(C)=O)OC(C)=O)C=NN(c2ccccc2)N1C(=O)OCC. The zero-order valence-electron chi connectivity index (χ0n) is 23.7. The van der Waals surface area contributed by atoms with Crippen LogP contribution in [-0.4, -0.2) is 90.3 Å². The Labute approximate surface area is 236 Å². The molecule has 41 heavy (non-hydrogen) atoms. The number of carbonyl (C=O) groups excluding carboxylic acids is 6. The monoisotopic (exact) mass is 578 g/mol. The fraction of sp³-hybridized carbons (Fsp3) is 0.500. The van der Waals surface area contributed by atoms with Crippen LogP contribution in [0.1, 0.15) is 41.5 Å². The third-order valence-corrected chi connectivity index (χ3v) is 5.50. The second-order valence-corrected chi connectivity index (χ2v) is 8.57. The van der Waals surface area contributed by atoms with Crippen molar-refractivity contribution < 1.29 is 52.5 Å². The number of hydrogen-bond acceptors (Lipinski definition) is 13. The molecular weight excluding hydrogens is 544 g/mol. The summed E-state index contributed by atoms with van der Waals surface area (Å²) in [5, 5.41) is 6.92. The minimum Gasteiger partial charge on any atom is -0.462 e. The normalized spacial score (nSPS) is 16.6. The number of benzene rings is 1. The quantitative estimate of drug-likeness (QED) is 0.277. The molecule has 0 bridgehead atoms. The molecule has 1 heterocycles. The third-order valence-electron chi connectivity index (χ3n) is 5.50. The fourth-order valence-electron chi connectivity index (χ4n) is 4.03. The topological polar surface area (TPSA) is 171 Å². The van der Waals surface area contributed by atoms with E-state index in [1.165, 1.54) is 13.1 Å². The van der Waals surface area contributed by atoms with E-state index in [4.69, 9.17) is 23.7 Å². The number of ether oxygens (including phenoxy) is 5. The molecule has 0 N–H and O–H groups in total. The first kappa shape index (κ1) is 32.5. The number of rotatable bonds is 11. The van der Waals surface area contributed by atoms with E-state index in [-0.39, 0.29) is 13.2 Å². The van der Waals surface area contributed by atoms with E-state index in [1.54, 1.807) is 37.3 Å². The van der Waals surface area contributed by atoms with Crippen molar-refractivity contribution >= 4 is 47.8 Å². The number of amides is 2. The van der Waals surface area contributed by atoms with Crippen molar-refractivity contribution in [1.29, 1.82) is 0 Å². The molecule has 15 heteroatoms. The Bertz CT molecular complexity index is 1140. The van der Waals surface area contributed by atoms with Crippen LogP contribution in [0.3, 0.4) is 0 Å². The number of nitrogens with zero attached hydrogens (tertiary/aromatic N) is 4. The first-order valence-electron chi connectivity index (χ1n) is 12.7. The summed E-state index contributed by atoms with van der Waals surface area (Å²) in [5.41, 5.74) is 0.341. The molecule has 0 fully saturated rings. The summed E-state index contributed by atoms with van der Waals surface area (Å²) in [6.45, 7) is 6.70. The van der Waals surface area contributed by atoms with Crippen molar-refractivity contribution in [3.8, 4) is 0 Å². The minimum absolute atomic E-state index is 0.0773. The number of carbonyl (C=O) groups is 6. The van der Waals surface area contributed by atoms with Crippen molar-refractivity contribution in [1.82, 2.24) is 10.1 Å². The molecule has 2 amide bonds. The van der Waals surface area contributed by atoms with E-state index in [2.05, 4.69) is 5.10 Å². The molecule has 0 saturated heterocycles. The number of para-hydroxylation sites is 1. The summed E-state index contributed by atoms with van der Waals surface area (Å²) in [4.78, 5) is 75.7. The smallest absolute Gasteiger partial charge is 0.450 e. The first-order chi connectivity index (χ1) is 19.4. The predicted molar refractivity (Wildman–Crippen MR) is 141 cm³/mol. The molecule has 0 unspecified atom stereocenters. The van der Waals surface area contributed by atoms with Crippen LogP contribution in [0.5, 0.6) is 0 Å². The van der Waals surface area contributed by atoms with Crippen molar-refractivity contribution in [2.75, 3.05) is 24.9 Å². The summed E-state index contributed by atoms with van der Waals surface area (Å²) < 4.78 is 26.2. The maximum absolute atomic E-state index is 13.4. The number of hydrogen-bond donors (Lipinski definition) is 0. The van der Waals surface area contributed by atoms with Crippen LogP contribution in [0, 0.1) is 5.92 Å². The Morgan fingerprint density at radius 1 is 0.805 bits per heavy atom. The lowest BCUT2D eigenvalue weighted by Crippen LogP contribution is -2.67. The van der Waals surface area contributed by atoms with Gasteiger partial charge in [0.15, 0.2) is 12.2 Å². The summed E-state index contributed by atoms with van der Waals surface area (Å²) >= 11 is 0. The highest BCUT2D eigenvalue weighted by molar-refractivity contribution is 5.89. The van der Waals surface area contributed by atoms with Gasteiger partial charge in [-0.1, -0.05) is 23.3 Å². The number of Topliss-reactive ketones (excluding diaryl/α,β-unsaturated/α-hetero) is 1. The molecule has 0 spiro atoms. The Morgan fingerprint density at radius 2 is 1.39 bits per heavy atom. The molecule has 1 aromatic carbocycles. The molecule has 2 rings (SSSR count). The van der Waals surface area contributed by atoms with Crippen LogP contribution >= 0.6 is 0 Å². The molecule has 1 aromatic rings. The lowest BCUT2D eigenvalue weighted by atomic mass is 9.86. The molecule has 1 aliphatic heterocycles. The summed E-state index contributed by atoms with van der Waals surface area (Å²) in [5.74, 6) is -4.60. The summed E-state index contributed by atoms with van der Waals surface area (Å²) in [7, 11) is 0. The highest BCUT2D eigenvalue weighted by atomic mass is 16.6. The number of ketones is 1. The van der Waals surface area contributed by atoms with Crippen LogP contribution < -0.4 is 5.12 Å². The molecular formula is C26H34N4O11. The van der Waals surface area contributed by atoms with Crippen molar-refractivity contribution in [3.63, 3.8) is 0 Å². The van der Waals surface area contributed by atoms with Crippen LogP contribution in [0.25, 0.3) is 0 Å². The van der Waals surface area contributed by atoms with Gasteiger partial charge in [0.2, 0.25) is 0 Å². The highest BCUT2D eigenvalue weighted by Gasteiger charge is 2.51. The van der Waals surface area contributed by atoms with Gasteiger partial charge in [0.05, 0.1) is 31.0 Å². The van der Waals surface area contributed by atoms with Crippen molar-refractivity contribution in [2.24, 2.45) is 11.0 Å². The zero-order chi connectivity index (χ0) is 30.7. The van der Waals surface area contributed by atoms with Gasteiger partial charge in [-0.3, -0.25) is 19.2 Å². The molecule has 15 nitrogen and oxygen atoms in total. The maximum atomic E-state index is 13.4. The van der Waals surface area contributed by atoms with Crippen molar-refractivity contribution in [2.45, 2.75) is 59.8 Å². The third kappa shape index (κ3) is 8.65. The average molecular weight is 579 g/mol. The molecule has 0 aliphatic carbocycles. The van der Waals surface area contributed by atoms with Gasteiger partial charge in [0, 0.05) is 20.8 Å². The molecule has 4 atom stereocenters. The number of hydrazine groups is 2. The van der Waals surface area contributed by atoms with Gasteiger partial charge in [-0.25, -0.2) is 9.59 Å². The van der Waals surface area contributed by atoms with Crippen LogP contribution in [0.15, 0.2) is 35.4 Å². The van der Waals surface area contributed by atoms with Gasteiger partial charge < -0.3 is 23.7 Å². The zero-order valence-corrected chi connectivity index (χ0v) is 23.7. The van der Waals surface area contributed by atoms with E-state index in [1.807, 2.05) is 0 Å². The van der Waals surface area contributed by atoms with E-state index >= 15 is 0 Å². The minimum atomic E-state index is -1.60. The highest BCUT2D eigenvalue weighted by Crippen LogP contribution is 2.31. The average Bonchev–Trinajstić information content (AvgIpc) is 2.90. The Balaban J connectivity index is 2.78. The second-order valence-electron chi connectivity index (χ2n) is 8.57. The first-order valence-corrected chi connectivity index (χ1v) is 12.7. The molecule has 0 radical (unpaired) electrons.